The maximum atomic E-state index is 5.53. The van der Waals surface area contributed by atoms with E-state index < -0.39 is 0 Å². The standard InChI is InChI=1S/C12H16N2S/c1-8-6-10(8)7-14-11-4-2-9(3-5-11)12(13)15/h2-5,8,10,14H,6-7H2,1H3,(H2,13,15). The maximum absolute atomic E-state index is 5.53. The smallest absolute Gasteiger partial charge is 0.103 e. The fourth-order valence-corrected chi connectivity index (χ4v) is 1.82. The number of nitrogens with one attached hydrogen (secondary N) is 1. The molecule has 0 radical (unpaired) electrons. The molecule has 2 unspecified atom stereocenters. The van der Waals surface area contributed by atoms with Gasteiger partial charge in [0.25, 0.3) is 0 Å². The minimum Gasteiger partial charge on any atom is -0.389 e. The number of hydrogen-bond donors (Lipinski definition) is 2. The van der Waals surface area contributed by atoms with Gasteiger partial charge in [-0.25, -0.2) is 0 Å². The Morgan fingerprint density at radius 3 is 2.53 bits per heavy atom. The summed E-state index contributed by atoms with van der Waals surface area (Å²) in [5.74, 6) is 1.76. The van der Waals surface area contributed by atoms with Crippen LogP contribution in [0.1, 0.15) is 18.9 Å². The zero-order valence-electron chi connectivity index (χ0n) is 8.86. The molecule has 2 rings (SSSR count). The lowest BCUT2D eigenvalue weighted by molar-refractivity contribution is 0.787. The molecule has 0 spiro atoms. The van der Waals surface area contributed by atoms with Gasteiger partial charge in [0, 0.05) is 17.8 Å². The lowest BCUT2D eigenvalue weighted by Crippen LogP contribution is -2.09. The highest BCUT2D eigenvalue weighted by Gasteiger charge is 2.31. The Morgan fingerprint density at radius 1 is 1.47 bits per heavy atom. The fourth-order valence-electron chi connectivity index (χ4n) is 1.68. The first-order valence-corrected chi connectivity index (χ1v) is 5.71. The van der Waals surface area contributed by atoms with Crippen molar-refractivity contribution in [2.24, 2.45) is 17.6 Å². The fraction of sp³-hybridized carbons (Fsp3) is 0.417. The van der Waals surface area contributed by atoms with Crippen LogP contribution in [-0.2, 0) is 0 Å². The molecule has 1 aliphatic carbocycles. The first kappa shape index (κ1) is 10.4. The van der Waals surface area contributed by atoms with Crippen molar-refractivity contribution in [2.75, 3.05) is 11.9 Å². The van der Waals surface area contributed by atoms with Crippen LogP contribution >= 0.6 is 12.2 Å². The zero-order valence-corrected chi connectivity index (χ0v) is 9.68. The van der Waals surface area contributed by atoms with E-state index in [-0.39, 0.29) is 0 Å². The maximum Gasteiger partial charge on any atom is 0.103 e. The van der Waals surface area contributed by atoms with Gasteiger partial charge in [-0.05, 0) is 42.5 Å². The van der Waals surface area contributed by atoms with Gasteiger partial charge in [0.15, 0.2) is 0 Å². The highest BCUT2D eigenvalue weighted by atomic mass is 32.1. The van der Waals surface area contributed by atoms with Gasteiger partial charge >= 0.3 is 0 Å². The Hall–Kier alpha value is -1.09. The van der Waals surface area contributed by atoms with Gasteiger partial charge in [0.05, 0.1) is 0 Å². The molecule has 2 atom stereocenters. The van der Waals surface area contributed by atoms with Crippen LogP contribution in [0.2, 0.25) is 0 Å². The Bertz CT molecular complexity index is 358. The molecule has 3 N–H and O–H groups in total. The monoisotopic (exact) mass is 220 g/mol. The second-order valence-electron chi connectivity index (χ2n) is 4.30. The number of hydrogen-bond acceptors (Lipinski definition) is 2. The molecule has 0 aliphatic heterocycles. The molecule has 0 saturated heterocycles. The van der Waals surface area contributed by atoms with E-state index in [0.717, 1.165) is 29.6 Å². The highest BCUT2D eigenvalue weighted by Crippen LogP contribution is 2.37. The summed E-state index contributed by atoms with van der Waals surface area (Å²) in [5.41, 5.74) is 7.60. The van der Waals surface area contributed by atoms with Crippen molar-refractivity contribution in [2.45, 2.75) is 13.3 Å². The van der Waals surface area contributed by atoms with Crippen LogP contribution in [-0.4, -0.2) is 11.5 Å². The van der Waals surface area contributed by atoms with Crippen LogP contribution in [0.15, 0.2) is 24.3 Å². The molecule has 1 fully saturated rings. The molecule has 3 heteroatoms. The lowest BCUT2D eigenvalue weighted by Gasteiger charge is -2.06. The van der Waals surface area contributed by atoms with Crippen LogP contribution in [0.25, 0.3) is 0 Å². The molecule has 0 aromatic heterocycles. The summed E-state index contributed by atoms with van der Waals surface area (Å²) in [4.78, 5) is 0.456. The van der Waals surface area contributed by atoms with E-state index in [1.807, 2.05) is 24.3 Å². The largest absolute Gasteiger partial charge is 0.389 e. The van der Waals surface area contributed by atoms with Gasteiger partial charge in [-0.1, -0.05) is 19.1 Å². The van der Waals surface area contributed by atoms with Crippen LogP contribution < -0.4 is 11.1 Å². The van der Waals surface area contributed by atoms with Gasteiger partial charge in [-0.15, -0.1) is 0 Å². The van der Waals surface area contributed by atoms with Crippen LogP contribution in [0.5, 0.6) is 0 Å². The average molecular weight is 220 g/mol. The number of thiocarbonyl (C=S) groups is 1. The number of nitrogens with two attached hydrogens (primary N) is 1. The van der Waals surface area contributed by atoms with Crippen molar-refractivity contribution in [3.63, 3.8) is 0 Å². The average Bonchev–Trinajstić information content (AvgIpc) is 2.92. The number of anilines is 1. The van der Waals surface area contributed by atoms with Crippen molar-refractivity contribution >= 4 is 22.9 Å². The summed E-state index contributed by atoms with van der Waals surface area (Å²) >= 11 is 4.89. The summed E-state index contributed by atoms with van der Waals surface area (Å²) in [6, 6.07) is 7.98. The first-order chi connectivity index (χ1) is 7.16. The van der Waals surface area contributed by atoms with E-state index in [1.165, 1.54) is 6.42 Å². The van der Waals surface area contributed by atoms with E-state index >= 15 is 0 Å². The van der Waals surface area contributed by atoms with Gasteiger partial charge in [-0.2, -0.15) is 0 Å². The molecule has 0 bridgehead atoms. The molecular formula is C12H16N2S. The third kappa shape index (κ3) is 2.69. The van der Waals surface area contributed by atoms with E-state index in [1.54, 1.807) is 0 Å². The van der Waals surface area contributed by atoms with Gasteiger partial charge in [0.1, 0.15) is 4.99 Å². The molecular weight excluding hydrogens is 204 g/mol. The number of rotatable bonds is 4. The van der Waals surface area contributed by atoms with Crippen molar-refractivity contribution in [1.82, 2.24) is 0 Å². The van der Waals surface area contributed by atoms with Crippen molar-refractivity contribution in [3.8, 4) is 0 Å². The molecule has 80 valence electrons. The third-order valence-electron chi connectivity index (χ3n) is 3.01. The van der Waals surface area contributed by atoms with Crippen LogP contribution in [0.3, 0.4) is 0 Å². The summed E-state index contributed by atoms with van der Waals surface area (Å²) < 4.78 is 0. The second kappa shape index (κ2) is 4.19. The predicted octanol–water partition coefficient (Wildman–Crippen LogP) is 2.39. The van der Waals surface area contributed by atoms with Crippen molar-refractivity contribution in [1.29, 1.82) is 0 Å². The minimum absolute atomic E-state index is 0.456. The Balaban J connectivity index is 1.89. The molecule has 1 saturated carbocycles. The summed E-state index contributed by atoms with van der Waals surface area (Å²) in [6.45, 7) is 3.37. The van der Waals surface area contributed by atoms with Gasteiger partial charge in [-0.3, -0.25) is 0 Å². The Kier molecular flexibility index (Phi) is 2.91. The van der Waals surface area contributed by atoms with Crippen LogP contribution in [0, 0.1) is 11.8 Å². The topological polar surface area (TPSA) is 38.0 Å². The zero-order chi connectivity index (χ0) is 10.8. The highest BCUT2D eigenvalue weighted by molar-refractivity contribution is 7.80. The third-order valence-corrected chi connectivity index (χ3v) is 3.25. The summed E-state index contributed by atoms with van der Waals surface area (Å²) in [5, 5.41) is 3.42. The van der Waals surface area contributed by atoms with E-state index in [2.05, 4.69) is 12.2 Å². The van der Waals surface area contributed by atoms with Crippen molar-refractivity contribution < 1.29 is 0 Å². The molecule has 1 aromatic carbocycles. The quantitative estimate of drug-likeness (QED) is 0.765. The van der Waals surface area contributed by atoms with E-state index in [4.69, 9.17) is 18.0 Å². The normalized spacial score (nSPS) is 23.5. The van der Waals surface area contributed by atoms with E-state index in [9.17, 15) is 0 Å². The van der Waals surface area contributed by atoms with Crippen molar-refractivity contribution in [3.05, 3.63) is 29.8 Å². The molecule has 15 heavy (non-hydrogen) atoms. The first-order valence-electron chi connectivity index (χ1n) is 5.30. The molecule has 2 nitrogen and oxygen atoms in total. The second-order valence-corrected chi connectivity index (χ2v) is 4.74. The lowest BCUT2D eigenvalue weighted by atomic mass is 10.2. The molecule has 1 aliphatic rings. The SMILES string of the molecule is CC1CC1CNc1ccc(C(N)=S)cc1. The Morgan fingerprint density at radius 2 is 2.07 bits per heavy atom. The van der Waals surface area contributed by atoms with Gasteiger partial charge < -0.3 is 11.1 Å². The Labute approximate surface area is 95.9 Å². The molecule has 0 amide bonds. The summed E-state index contributed by atoms with van der Waals surface area (Å²) in [7, 11) is 0. The minimum atomic E-state index is 0.456. The number of benzene rings is 1. The van der Waals surface area contributed by atoms with E-state index in [0.29, 0.717) is 4.99 Å². The van der Waals surface area contributed by atoms with Gasteiger partial charge in [0.2, 0.25) is 0 Å². The molecule has 0 heterocycles. The predicted molar refractivity (Wildman–Crippen MR) is 68.1 cm³/mol. The summed E-state index contributed by atoms with van der Waals surface area (Å²) in [6.07, 6.45) is 1.36. The molecule has 1 aromatic rings. The van der Waals surface area contributed by atoms with Crippen LogP contribution in [0.4, 0.5) is 5.69 Å².